The Balaban J connectivity index is 2.85. The summed E-state index contributed by atoms with van der Waals surface area (Å²) in [5.74, 6) is 0.820. The van der Waals surface area contributed by atoms with Crippen molar-refractivity contribution in [1.82, 2.24) is 0 Å². The quantitative estimate of drug-likeness (QED) is 0.724. The molecule has 0 unspecified atom stereocenters. The molecule has 1 rings (SSSR count). The second kappa shape index (κ2) is 6.19. The summed E-state index contributed by atoms with van der Waals surface area (Å²) in [6.45, 7) is 3.10. The molecule has 0 spiro atoms. The third-order valence-electron chi connectivity index (χ3n) is 2.23. The molecule has 0 radical (unpaired) electrons. The molecule has 1 aromatic carbocycles. The predicted octanol–water partition coefficient (Wildman–Crippen LogP) is 3.42. The maximum atomic E-state index is 13.3. The number of benzene rings is 1. The van der Waals surface area contributed by atoms with Crippen molar-refractivity contribution in [3.63, 3.8) is 0 Å². The molecule has 0 atom stereocenters. The topological polar surface area (TPSA) is 3.24 Å². The summed E-state index contributed by atoms with van der Waals surface area (Å²) in [5.41, 5.74) is 1.48. The summed E-state index contributed by atoms with van der Waals surface area (Å²) < 4.78 is 13.3. The van der Waals surface area contributed by atoms with E-state index in [2.05, 4.69) is 0 Å². The van der Waals surface area contributed by atoms with E-state index in [0.29, 0.717) is 30.4 Å². The van der Waals surface area contributed by atoms with Gasteiger partial charge in [-0.25, -0.2) is 4.39 Å². The fraction of sp³-hybridized carbons (Fsp3) is 0.455. The average molecular weight is 250 g/mol. The van der Waals surface area contributed by atoms with Crippen LogP contribution in [0, 0.1) is 12.7 Å². The smallest absolute Gasteiger partial charge is 0.128 e. The summed E-state index contributed by atoms with van der Waals surface area (Å²) in [6.07, 6.45) is 0. The van der Waals surface area contributed by atoms with E-state index >= 15 is 0 Å². The Morgan fingerprint density at radius 2 is 1.80 bits per heavy atom. The van der Waals surface area contributed by atoms with Crippen LogP contribution in [0.2, 0.25) is 0 Å². The zero-order valence-corrected chi connectivity index (χ0v) is 10.2. The first-order valence-corrected chi connectivity index (χ1v) is 5.89. The van der Waals surface area contributed by atoms with Crippen LogP contribution < -0.4 is 4.90 Å². The van der Waals surface area contributed by atoms with E-state index < -0.39 is 0 Å². The standard InChI is InChI=1S/C11H14Cl2FN/c1-9-2-3-10(8-11(9)14)15(6-4-12)7-5-13/h2-3,8H,4-7H2,1H3. The Morgan fingerprint density at radius 3 is 2.27 bits per heavy atom. The lowest BCUT2D eigenvalue weighted by atomic mass is 10.2. The van der Waals surface area contributed by atoms with Gasteiger partial charge in [0.25, 0.3) is 0 Å². The van der Waals surface area contributed by atoms with Crippen molar-refractivity contribution >= 4 is 28.9 Å². The summed E-state index contributed by atoms with van der Waals surface area (Å²) in [5, 5.41) is 0. The molecular weight excluding hydrogens is 236 g/mol. The summed E-state index contributed by atoms with van der Waals surface area (Å²) >= 11 is 11.3. The molecule has 4 heteroatoms. The van der Waals surface area contributed by atoms with E-state index in [-0.39, 0.29) is 5.82 Å². The minimum absolute atomic E-state index is 0.193. The molecule has 0 saturated heterocycles. The lowest BCUT2D eigenvalue weighted by molar-refractivity contribution is 0.617. The molecule has 0 aliphatic carbocycles. The predicted molar refractivity (Wildman–Crippen MR) is 64.8 cm³/mol. The fourth-order valence-electron chi connectivity index (χ4n) is 1.35. The Hall–Kier alpha value is -0.470. The first-order chi connectivity index (χ1) is 7.19. The molecule has 1 aromatic rings. The van der Waals surface area contributed by atoms with E-state index in [0.717, 1.165) is 5.69 Å². The monoisotopic (exact) mass is 249 g/mol. The van der Waals surface area contributed by atoms with Crippen molar-refractivity contribution < 1.29 is 4.39 Å². The largest absolute Gasteiger partial charge is 0.369 e. The molecule has 0 bridgehead atoms. The van der Waals surface area contributed by atoms with Gasteiger partial charge in [-0.2, -0.15) is 0 Å². The molecule has 1 nitrogen and oxygen atoms in total. The van der Waals surface area contributed by atoms with E-state index in [1.54, 1.807) is 13.0 Å². The summed E-state index contributed by atoms with van der Waals surface area (Å²) in [4.78, 5) is 1.97. The van der Waals surface area contributed by atoms with Crippen molar-refractivity contribution in [2.24, 2.45) is 0 Å². The van der Waals surface area contributed by atoms with Crippen molar-refractivity contribution in [2.45, 2.75) is 6.92 Å². The van der Waals surface area contributed by atoms with Gasteiger partial charge in [-0.05, 0) is 24.6 Å². The van der Waals surface area contributed by atoms with Gasteiger partial charge in [0.1, 0.15) is 5.82 Å². The van der Waals surface area contributed by atoms with Crippen molar-refractivity contribution in [1.29, 1.82) is 0 Å². The number of halogens is 3. The van der Waals surface area contributed by atoms with Gasteiger partial charge in [0, 0.05) is 30.5 Å². The molecule has 0 heterocycles. The highest BCUT2D eigenvalue weighted by Crippen LogP contribution is 2.18. The van der Waals surface area contributed by atoms with E-state index in [1.165, 1.54) is 6.07 Å². The van der Waals surface area contributed by atoms with Gasteiger partial charge >= 0.3 is 0 Å². The third kappa shape index (κ3) is 3.54. The van der Waals surface area contributed by atoms with Crippen LogP contribution in [0.3, 0.4) is 0 Å². The SMILES string of the molecule is Cc1ccc(N(CCCl)CCCl)cc1F. The third-order valence-corrected chi connectivity index (χ3v) is 2.57. The van der Waals surface area contributed by atoms with Crippen LogP contribution in [0.4, 0.5) is 10.1 Å². The van der Waals surface area contributed by atoms with Gasteiger partial charge < -0.3 is 4.90 Å². The zero-order chi connectivity index (χ0) is 11.3. The van der Waals surface area contributed by atoms with Crippen LogP contribution in [0.1, 0.15) is 5.56 Å². The average Bonchev–Trinajstić information content (AvgIpc) is 2.22. The van der Waals surface area contributed by atoms with Crippen molar-refractivity contribution in [3.8, 4) is 0 Å². The molecule has 15 heavy (non-hydrogen) atoms. The normalized spacial score (nSPS) is 10.4. The Labute approximate surface area is 99.8 Å². The van der Waals surface area contributed by atoms with Crippen LogP contribution in [0.15, 0.2) is 18.2 Å². The van der Waals surface area contributed by atoms with Crippen LogP contribution in [0.5, 0.6) is 0 Å². The van der Waals surface area contributed by atoms with Gasteiger partial charge in [-0.1, -0.05) is 6.07 Å². The molecule has 0 aliphatic rings. The fourth-order valence-corrected chi connectivity index (χ4v) is 1.76. The second-order valence-electron chi connectivity index (χ2n) is 3.30. The number of rotatable bonds is 5. The molecule has 0 aliphatic heterocycles. The lowest BCUT2D eigenvalue weighted by Crippen LogP contribution is -2.27. The van der Waals surface area contributed by atoms with E-state index in [4.69, 9.17) is 23.2 Å². The number of nitrogens with zero attached hydrogens (tertiary/aromatic N) is 1. The molecule has 0 N–H and O–H groups in total. The highest BCUT2D eigenvalue weighted by atomic mass is 35.5. The minimum atomic E-state index is -0.193. The van der Waals surface area contributed by atoms with Crippen LogP contribution >= 0.6 is 23.2 Å². The van der Waals surface area contributed by atoms with Crippen LogP contribution in [-0.4, -0.2) is 24.8 Å². The van der Waals surface area contributed by atoms with Crippen LogP contribution in [0.25, 0.3) is 0 Å². The maximum absolute atomic E-state index is 13.3. The van der Waals surface area contributed by atoms with Crippen molar-refractivity contribution in [3.05, 3.63) is 29.6 Å². The molecule has 0 amide bonds. The van der Waals surface area contributed by atoms with E-state index in [1.807, 2.05) is 11.0 Å². The summed E-state index contributed by atoms with van der Waals surface area (Å²) in [6, 6.07) is 5.17. The Bertz CT molecular complexity index is 311. The Morgan fingerprint density at radius 1 is 1.20 bits per heavy atom. The lowest BCUT2D eigenvalue weighted by Gasteiger charge is -2.23. The van der Waals surface area contributed by atoms with Gasteiger partial charge in [-0.15, -0.1) is 23.2 Å². The number of hydrogen-bond donors (Lipinski definition) is 0. The molecule has 84 valence electrons. The first-order valence-electron chi connectivity index (χ1n) is 4.82. The maximum Gasteiger partial charge on any atom is 0.128 e. The number of alkyl halides is 2. The minimum Gasteiger partial charge on any atom is -0.369 e. The molecular formula is C11H14Cl2FN. The van der Waals surface area contributed by atoms with Gasteiger partial charge in [-0.3, -0.25) is 0 Å². The Kier molecular flexibility index (Phi) is 5.20. The second-order valence-corrected chi connectivity index (χ2v) is 4.05. The highest BCUT2D eigenvalue weighted by Gasteiger charge is 2.07. The number of hydrogen-bond acceptors (Lipinski definition) is 1. The summed E-state index contributed by atoms with van der Waals surface area (Å²) in [7, 11) is 0. The van der Waals surface area contributed by atoms with Crippen LogP contribution in [-0.2, 0) is 0 Å². The first kappa shape index (κ1) is 12.6. The molecule has 0 aromatic heterocycles. The number of anilines is 1. The van der Waals surface area contributed by atoms with Gasteiger partial charge in [0.2, 0.25) is 0 Å². The zero-order valence-electron chi connectivity index (χ0n) is 8.64. The van der Waals surface area contributed by atoms with Crippen molar-refractivity contribution in [2.75, 3.05) is 29.7 Å². The van der Waals surface area contributed by atoms with Gasteiger partial charge in [0.15, 0.2) is 0 Å². The number of aryl methyl sites for hydroxylation is 1. The van der Waals surface area contributed by atoms with E-state index in [9.17, 15) is 4.39 Å². The molecule has 0 saturated carbocycles. The molecule has 0 fully saturated rings. The van der Waals surface area contributed by atoms with Gasteiger partial charge in [0.05, 0.1) is 0 Å². The highest BCUT2D eigenvalue weighted by molar-refractivity contribution is 6.18.